The van der Waals surface area contributed by atoms with Gasteiger partial charge in [0.15, 0.2) is 5.82 Å². The maximum absolute atomic E-state index is 12.1. The van der Waals surface area contributed by atoms with Crippen LogP contribution in [0.2, 0.25) is 0 Å². The van der Waals surface area contributed by atoms with Gasteiger partial charge in [0.1, 0.15) is 11.9 Å². The lowest BCUT2D eigenvalue weighted by atomic mass is 10.2. The summed E-state index contributed by atoms with van der Waals surface area (Å²) < 4.78 is 36.0. The SMILES string of the molecule is FC(F)Oc1ccc(/C=N\n2c([C@@H]3CCCO3)n[nH]c2=S)cc1. The number of nitrogens with zero attached hydrogens (tertiary/aromatic N) is 3. The molecule has 23 heavy (non-hydrogen) atoms. The van der Waals surface area contributed by atoms with Gasteiger partial charge in [-0.05, 0) is 54.9 Å². The van der Waals surface area contributed by atoms with Gasteiger partial charge in [0.2, 0.25) is 4.77 Å². The molecule has 0 amide bonds. The number of hydrogen-bond donors (Lipinski definition) is 1. The molecular formula is C14H14F2N4O2S. The molecule has 1 atom stereocenters. The average molecular weight is 340 g/mol. The fourth-order valence-corrected chi connectivity index (χ4v) is 2.45. The number of nitrogens with one attached hydrogen (secondary N) is 1. The van der Waals surface area contributed by atoms with Gasteiger partial charge in [0, 0.05) is 6.61 Å². The Morgan fingerprint density at radius 1 is 1.43 bits per heavy atom. The molecule has 2 aromatic rings. The monoisotopic (exact) mass is 340 g/mol. The van der Waals surface area contributed by atoms with Gasteiger partial charge in [-0.2, -0.15) is 23.7 Å². The largest absolute Gasteiger partial charge is 0.435 e. The lowest BCUT2D eigenvalue weighted by Crippen LogP contribution is -2.05. The van der Waals surface area contributed by atoms with Crippen LogP contribution in [0.15, 0.2) is 29.4 Å². The third-order valence-corrected chi connectivity index (χ3v) is 3.58. The number of aromatic nitrogens is 3. The van der Waals surface area contributed by atoms with Gasteiger partial charge >= 0.3 is 6.61 Å². The fourth-order valence-electron chi connectivity index (χ4n) is 2.26. The van der Waals surface area contributed by atoms with E-state index in [0.29, 0.717) is 22.8 Å². The fraction of sp³-hybridized carbons (Fsp3) is 0.357. The van der Waals surface area contributed by atoms with E-state index in [0.717, 1.165) is 12.8 Å². The minimum absolute atomic E-state index is 0.0946. The molecule has 1 saturated heterocycles. The van der Waals surface area contributed by atoms with Crippen molar-refractivity contribution >= 4 is 18.4 Å². The normalized spacial score (nSPS) is 18.1. The standard InChI is InChI=1S/C14H14F2N4O2S/c15-13(16)22-10-5-3-9(4-6-10)8-17-20-12(18-19-14(20)23)11-2-1-7-21-11/h3-6,8,11,13H,1-2,7H2,(H,19,23)/b17-8-/t11-/m0/s1. The van der Waals surface area contributed by atoms with Crippen molar-refractivity contribution in [1.29, 1.82) is 0 Å². The van der Waals surface area contributed by atoms with Crippen LogP contribution in [0.5, 0.6) is 5.75 Å². The molecule has 3 rings (SSSR count). The second kappa shape index (κ2) is 6.97. The van der Waals surface area contributed by atoms with E-state index < -0.39 is 6.61 Å². The lowest BCUT2D eigenvalue weighted by Gasteiger charge is -2.07. The van der Waals surface area contributed by atoms with Crippen molar-refractivity contribution in [2.75, 3.05) is 6.61 Å². The van der Waals surface area contributed by atoms with Crippen LogP contribution in [-0.2, 0) is 4.74 Å². The molecule has 1 aliphatic heterocycles. The summed E-state index contributed by atoms with van der Waals surface area (Å²) in [6.07, 6.45) is 3.28. The highest BCUT2D eigenvalue weighted by atomic mass is 32.1. The molecule has 0 saturated carbocycles. The number of H-pyrrole nitrogens is 1. The minimum atomic E-state index is -2.84. The summed E-state index contributed by atoms with van der Waals surface area (Å²) >= 11 is 5.16. The summed E-state index contributed by atoms with van der Waals surface area (Å²) in [6.45, 7) is -2.15. The predicted molar refractivity (Wildman–Crippen MR) is 81.4 cm³/mol. The summed E-state index contributed by atoms with van der Waals surface area (Å²) in [5.74, 6) is 0.721. The molecule has 1 aromatic carbocycles. The van der Waals surface area contributed by atoms with E-state index in [1.54, 1.807) is 18.3 Å². The maximum Gasteiger partial charge on any atom is 0.387 e. The smallest absolute Gasteiger partial charge is 0.387 e. The molecular weight excluding hydrogens is 326 g/mol. The van der Waals surface area contributed by atoms with E-state index in [4.69, 9.17) is 17.0 Å². The van der Waals surface area contributed by atoms with Crippen LogP contribution in [0.25, 0.3) is 0 Å². The van der Waals surface area contributed by atoms with Crippen molar-refractivity contribution in [3.63, 3.8) is 0 Å². The summed E-state index contributed by atoms with van der Waals surface area (Å²) in [5, 5.41) is 11.2. The lowest BCUT2D eigenvalue weighted by molar-refractivity contribution is -0.0498. The number of halogens is 2. The molecule has 2 heterocycles. The topological polar surface area (TPSA) is 64.4 Å². The Morgan fingerprint density at radius 2 is 2.22 bits per heavy atom. The van der Waals surface area contributed by atoms with Crippen molar-refractivity contribution in [3.05, 3.63) is 40.4 Å². The highest BCUT2D eigenvalue weighted by molar-refractivity contribution is 7.71. The molecule has 0 radical (unpaired) electrons. The zero-order valence-electron chi connectivity index (χ0n) is 12.0. The van der Waals surface area contributed by atoms with E-state index >= 15 is 0 Å². The average Bonchev–Trinajstić information content (AvgIpc) is 3.16. The van der Waals surface area contributed by atoms with E-state index in [9.17, 15) is 8.78 Å². The number of rotatable bonds is 5. The maximum atomic E-state index is 12.1. The molecule has 6 nitrogen and oxygen atoms in total. The second-order valence-corrected chi connectivity index (χ2v) is 5.28. The first-order valence-electron chi connectivity index (χ1n) is 7.01. The Labute approximate surface area is 135 Å². The summed E-state index contributed by atoms with van der Waals surface area (Å²) in [4.78, 5) is 0. The van der Waals surface area contributed by atoms with E-state index in [-0.39, 0.29) is 11.9 Å². The van der Waals surface area contributed by atoms with Gasteiger partial charge in [-0.3, -0.25) is 5.10 Å². The molecule has 1 aromatic heterocycles. The molecule has 9 heteroatoms. The molecule has 0 bridgehead atoms. The van der Waals surface area contributed by atoms with E-state index in [2.05, 4.69) is 20.0 Å². The van der Waals surface area contributed by atoms with Crippen LogP contribution in [0.3, 0.4) is 0 Å². The van der Waals surface area contributed by atoms with Crippen molar-refractivity contribution in [1.82, 2.24) is 14.9 Å². The van der Waals surface area contributed by atoms with Gasteiger partial charge in [0.05, 0.1) is 6.21 Å². The molecule has 122 valence electrons. The van der Waals surface area contributed by atoms with Crippen molar-refractivity contribution in [3.8, 4) is 5.75 Å². The minimum Gasteiger partial charge on any atom is -0.435 e. The number of hydrogen-bond acceptors (Lipinski definition) is 5. The first-order valence-corrected chi connectivity index (χ1v) is 7.42. The first kappa shape index (κ1) is 15.8. The second-order valence-electron chi connectivity index (χ2n) is 4.89. The molecule has 0 spiro atoms. The van der Waals surface area contributed by atoms with Gasteiger partial charge < -0.3 is 9.47 Å². The Bertz CT molecular complexity index is 736. The molecule has 0 aliphatic carbocycles. The number of alkyl halides is 2. The highest BCUT2D eigenvalue weighted by Crippen LogP contribution is 2.27. The van der Waals surface area contributed by atoms with Gasteiger partial charge in [-0.1, -0.05) is 0 Å². The Kier molecular flexibility index (Phi) is 4.77. The van der Waals surface area contributed by atoms with Crippen LogP contribution >= 0.6 is 12.2 Å². The number of aromatic amines is 1. The number of benzene rings is 1. The number of ether oxygens (including phenoxy) is 2. The molecule has 0 unspecified atom stereocenters. The molecule has 1 fully saturated rings. The molecule has 1 N–H and O–H groups in total. The zero-order valence-corrected chi connectivity index (χ0v) is 12.8. The van der Waals surface area contributed by atoms with Crippen LogP contribution in [0, 0.1) is 4.77 Å². The first-order chi connectivity index (χ1) is 11.1. The Balaban J connectivity index is 1.77. The van der Waals surface area contributed by atoms with Crippen LogP contribution in [0.1, 0.15) is 30.3 Å². The predicted octanol–water partition coefficient (Wildman–Crippen LogP) is 3.28. The third-order valence-electron chi connectivity index (χ3n) is 3.32. The zero-order chi connectivity index (χ0) is 16.2. The summed E-state index contributed by atoms with van der Waals surface area (Å²) in [6, 6.07) is 6.14. The molecule has 1 aliphatic rings. The Morgan fingerprint density at radius 3 is 2.87 bits per heavy atom. The Hall–Kier alpha value is -2.13. The van der Waals surface area contributed by atoms with Gasteiger partial charge in [-0.15, -0.1) is 0 Å². The van der Waals surface area contributed by atoms with Crippen LogP contribution < -0.4 is 4.74 Å². The van der Waals surface area contributed by atoms with Gasteiger partial charge in [0.25, 0.3) is 0 Å². The van der Waals surface area contributed by atoms with Crippen molar-refractivity contribution in [2.24, 2.45) is 5.10 Å². The highest BCUT2D eigenvalue weighted by Gasteiger charge is 2.23. The summed E-state index contributed by atoms with van der Waals surface area (Å²) in [7, 11) is 0. The van der Waals surface area contributed by atoms with E-state index in [1.807, 2.05) is 0 Å². The third kappa shape index (κ3) is 3.80. The quantitative estimate of drug-likeness (QED) is 0.670. The van der Waals surface area contributed by atoms with Crippen molar-refractivity contribution in [2.45, 2.75) is 25.6 Å². The van der Waals surface area contributed by atoms with E-state index in [1.165, 1.54) is 16.8 Å². The van der Waals surface area contributed by atoms with Crippen LogP contribution in [-0.4, -0.2) is 34.3 Å². The summed E-state index contributed by atoms with van der Waals surface area (Å²) in [5.41, 5.74) is 0.716. The van der Waals surface area contributed by atoms with Crippen LogP contribution in [0.4, 0.5) is 8.78 Å². The van der Waals surface area contributed by atoms with Gasteiger partial charge in [-0.25, -0.2) is 0 Å². The van der Waals surface area contributed by atoms with Crippen molar-refractivity contribution < 1.29 is 18.3 Å².